The molecule has 2 nitrogen and oxygen atoms in total. The van der Waals surface area contributed by atoms with Crippen molar-refractivity contribution in [2.45, 2.75) is 64.6 Å². The molecule has 1 saturated carbocycles. The monoisotopic (exact) mass is 200 g/mol. The molecule has 0 aromatic rings. The summed E-state index contributed by atoms with van der Waals surface area (Å²) in [4.78, 5) is 0. The molecule has 1 fully saturated rings. The predicted molar refractivity (Wildman–Crippen MR) is 58.3 cm³/mol. The van der Waals surface area contributed by atoms with Crippen LogP contribution in [0.5, 0.6) is 0 Å². The smallest absolute Gasteiger partial charge is 0.0620 e. The van der Waals surface area contributed by atoms with E-state index in [0.717, 1.165) is 32.3 Å². The quantitative estimate of drug-likeness (QED) is 0.742. The van der Waals surface area contributed by atoms with Crippen molar-refractivity contribution in [1.82, 2.24) is 0 Å². The standard InChI is InChI=1S/C12H24O2/c1-11(2,3)14-9-10-5-7-12(4,13)8-6-10/h10,13H,5-9H2,1-4H3/t10-,12-. The lowest BCUT2D eigenvalue weighted by atomic mass is 9.80. The van der Waals surface area contributed by atoms with Crippen molar-refractivity contribution in [2.75, 3.05) is 6.61 Å². The number of hydrogen-bond acceptors (Lipinski definition) is 2. The van der Waals surface area contributed by atoms with Crippen LogP contribution in [0.3, 0.4) is 0 Å². The number of aliphatic hydroxyl groups is 1. The number of hydrogen-bond donors (Lipinski definition) is 1. The van der Waals surface area contributed by atoms with Gasteiger partial charge >= 0.3 is 0 Å². The third-order valence-corrected chi connectivity index (χ3v) is 2.93. The van der Waals surface area contributed by atoms with Gasteiger partial charge in [-0.05, 0) is 59.3 Å². The van der Waals surface area contributed by atoms with Crippen molar-refractivity contribution >= 4 is 0 Å². The maximum absolute atomic E-state index is 9.78. The molecule has 1 aliphatic carbocycles. The van der Waals surface area contributed by atoms with E-state index in [4.69, 9.17) is 4.74 Å². The molecule has 1 rings (SSSR count). The van der Waals surface area contributed by atoms with Gasteiger partial charge in [0.25, 0.3) is 0 Å². The summed E-state index contributed by atoms with van der Waals surface area (Å²) in [7, 11) is 0. The SMILES string of the molecule is CC(C)(C)OC[C@H]1CC[C@](C)(O)CC1. The van der Waals surface area contributed by atoms with Crippen molar-refractivity contribution < 1.29 is 9.84 Å². The Morgan fingerprint density at radius 1 is 1.29 bits per heavy atom. The Balaban J connectivity index is 2.23. The number of rotatable bonds is 2. The first-order valence-corrected chi connectivity index (χ1v) is 5.65. The zero-order chi connectivity index (χ0) is 10.8. The predicted octanol–water partition coefficient (Wildman–Crippen LogP) is 2.74. The normalized spacial score (nSPS) is 34.5. The molecule has 0 heterocycles. The lowest BCUT2D eigenvalue weighted by molar-refractivity contribution is -0.0503. The fraction of sp³-hybridized carbons (Fsp3) is 1.00. The molecule has 0 atom stereocenters. The van der Waals surface area contributed by atoms with Crippen LogP contribution in [-0.2, 0) is 4.74 Å². The van der Waals surface area contributed by atoms with Crippen molar-refractivity contribution in [3.05, 3.63) is 0 Å². The van der Waals surface area contributed by atoms with Crippen LogP contribution in [0.15, 0.2) is 0 Å². The zero-order valence-electron chi connectivity index (χ0n) is 9.97. The molecule has 2 heteroatoms. The second-order valence-corrected chi connectivity index (χ2v) is 5.86. The average Bonchev–Trinajstić information content (AvgIpc) is 2.01. The highest BCUT2D eigenvalue weighted by Gasteiger charge is 2.29. The highest BCUT2D eigenvalue weighted by atomic mass is 16.5. The van der Waals surface area contributed by atoms with Gasteiger partial charge in [-0.1, -0.05) is 0 Å². The van der Waals surface area contributed by atoms with Crippen LogP contribution in [0.4, 0.5) is 0 Å². The van der Waals surface area contributed by atoms with E-state index < -0.39 is 5.60 Å². The number of ether oxygens (including phenoxy) is 1. The lowest BCUT2D eigenvalue weighted by Crippen LogP contribution is -2.33. The Morgan fingerprint density at radius 3 is 2.21 bits per heavy atom. The second kappa shape index (κ2) is 4.19. The van der Waals surface area contributed by atoms with Gasteiger partial charge in [-0.3, -0.25) is 0 Å². The van der Waals surface area contributed by atoms with E-state index in [1.165, 1.54) is 0 Å². The van der Waals surface area contributed by atoms with Crippen molar-refractivity contribution in [3.63, 3.8) is 0 Å². The third kappa shape index (κ3) is 4.43. The summed E-state index contributed by atoms with van der Waals surface area (Å²) in [5.74, 6) is 0.648. The molecule has 0 saturated heterocycles. The molecule has 0 aromatic carbocycles. The van der Waals surface area contributed by atoms with Gasteiger partial charge in [0.05, 0.1) is 17.8 Å². The van der Waals surface area contributed by atoms with Crippen LogP contribution in [0.2, 0.25) is 0 Å². The minimum Gasteiger partial charge on any atom is -0.390 e. The van der Waals surface area contributed by atoms with E-state index in [1.54, 1.807) is 0 Å². The van der Waals surface area contributed by atoms with Gasteiger partial charge in [0.15, 0.2) is 0 Å². The Hall–Kier alpha value is -0.0800. The molecule has 0 aliphatic heterocycles. The van der Waals surface area contributed by atoms with E-state index in [-0.39, 0.29) is 5.60 Å². The van der Waals surface area contributed by atoms with Gasteiger partial charge in [-0.15, -0.1) is 0 Å². The Morgan fingerprint density at radius 2 is 1.79 bits per heavy atom. The third-order valence-electron chi connectivity index (χ3n) is 2.93. The maximum atomic E-state index is 9.78. The lowest BCUT2D eigenvalue weighted by Gasteiger charge is -2.34. The van der Waals surface area contributed by atoms with Gasteiger partial charge in [0, 0.05) is 0 Å². The summed E-state index contributed by atoms with van der Waals surface area (Å²) in [6.45, 7) is 9.05. The van der Waals surface area contributed by atoms with Crippen LogP contribution in [0.1, 0.15) is 53.4 Å². The summed E-state index contributed by atoms with van der Waals surface area (Å²) < 4.78 is 5.76. The summed E-state index contributed by atoms with van der Waals surface area (Å²) in [6, 6.07) is 0. The minimum atomic E-state index is -0.418. The van der Waals surface area contributed by atoms with Gasteiger partial charge in [-0.25, -0.2) is 0 Å². The van der Waals surface area contributed by atoms with Crippen LogP contribution in [0, 0.1) is 5.92 Å². The molecule has 0 radical (unpaired) electrons. The summed E-state index contributed by atoms with van der Waals surface area (Å²) in [5, 5.41) is 9.78. The molecule has 0 unspecified atom stereocenters. The van der Waals surface area contributed by atoms with E-state index in [1.807, 2.05) is 6.92 Å². The van der Waals surface area contributed by atoms with Gasteiger partial charge in [-0.2, -0.15) is 0 Å². The summed E-state index contributed by atoms with van der Waals surface area (Å²) >= 11 is 0. The van der Waals surface area contributed by atoms with Crippen molar-refractivity contribution in [3.8, 4) is 0 Å². The minimum absolute atomic E-state index is 0.0278. The average molecular weight is 200 g/mol. The molecule has 0 bridgehead atoms. The second-order valence-electron chi connectivity index (χ2n) is 5.86. The van der Waals surface area contributed by atoms with Crippen LogP contribution in [-0.4, -0.2) is 22.9 Å². The van der Waals surface area contributed by atoms with Crippen LogP contribution >= 0.6 is 0 Å². The fourth-order valence-corrected chi connectivity index (χ4v) is 1.83. The summed E-state index contributed by atoms with van der Waals surface area (Å²) in [6.07, 6.45) is 4.04. The molecule has 84 valence electrons. The molecule has 14 heavy (non-hydrogen) atoms. The van der Waals surface area contributed by atoms with Gasteiger partial charge in [0.2, 0.25) is 0 Å². The molecule has 0 spiro atoms. The van der Waals surface area contributed by atoms with Gasteiger partial charge < -0.3 is 9.84 Å². The fourth-order valence-electron chi connectivity index (χ4n) is 1.83. The first kappa shape index (κ1) is 12.0. The highest BCUT2D eigenvalue weighted by molar-refractivity contribution is 4.81. The Labute approximate surface area is 87.7 Å². The van der Waals surface area contributed by atoms with E-state index in [2.05, 4.69) is 20.8 Å². The zero-order valence-corrected chi connectivity index (χ0v) is 9.97. The topological polar surface area (TPSA) is 29.5 Å². The Kier molecular flexibility index (Phi) is 3.59. The van der Waals surface area contributed by atoms with Crippen LogP contribution < -0.4 is 0 Å². The van der Waals surface area contributed by atoms with Gasteiger partial charge in [0.1, 0.15) is 0 Å². The van der Waals surface area contributed by atoms with Crippen molar-refractivity contribution in [2.24, 2.45) is 5.92 Å². The maximum Gasteiger partial charge on any atom is 0.0620 e. The molecule has 1 N–H and O–H groups in total. The molecular formula is C12H24O2. The largest absolute Gasteiger partial charge is 0.390 e. The molecule has 1 aliphatic rings. The first-order valence-electron chi connectivity index (χ1n) is 5.65. The van der Waals surface area contributed by atoms with Crippen LogP contribution in [0.25, 0.3) is 0 Å². The first-order chi connectivity index (χ1) is 6.29. The van der Waals surface area contributed by atoms with Crippen molar-refractivity contribution in [1.29, 1.82) is 0 Å². The van der Waals surface area contributed by atoms with E-state index in [0.29, 0.717) is 5.92 Å². The molecular weight excluding hydrogens is 176 g/mol. The summed E-state index contributed by atoms with van der Waals surface area (Å²) in [5.41, 5.74) is -0.446. The van der Waals surface area contributed by atoms with E-state index >= 15 is 0 Å². The highest BCUT2D eigenvalue weighted by Crippen LogP contribution is 2.32. The molecule has 0 aromatic heterocycles. The van der Waals surface area contributed by atoms with E-state index in [9.17, 15) is 5.11 Å². The Bertz CT molecular complexity index is 169. The molecule has 0 amide bonds.